The zero-order valence-corrected chi connectivity index (χ0v) is 9.51. The maximum atomic E-state index is 12.9. The fourth-order valence-electron chi connectivity index (χ4n) is 1.80. The number of benzene rings is 2. The lowest BCUT2D eigenvalue weighted by molar-refractivity contribution is 0.446. The minimum Gasteiger partial charge on any atom is -0.439 e. The van der Waals surface area contributed by atoms with E-state index in [1.54, 1.807) is 12.1 Å². The molecule has 0 atom stereocenters. The van der Waals surface area contributed by atoms with Gasteiger partial charge in [-0.3, -0.25) is 0 Å². The van der Waals surface area contributed by atoms with Crippen LogP contribution in [-0.2, 0) is 0 Å². The van der Waals surface area contributed by atoms with Gasteiger partial charge in [0, 0.05) is 6.07 Å². The molecule has 3 heteroatoms. The molecular formula is C15H10FNO. The Labute approximate surface area is 104 Å². The third-order valence-corrected chi connectivity index (χ3v) is 2.63. The quantitative estimate of drug-likeness (QED) is 0.626. The van der Waals surface area contributed by atoms with E-state index in [1.165, 1.54) is 6.07 Å². The standard InChI is InChI=1S/C15H10FNO/c16-14-6-3-7-15(17-14)18-13-9-8-11-4-1-2-5-12(11)10-13/h1-10H. The van der Waals surface area contributed by atoms with Crippen LogP contribution < -0.4 is 4.74 Å². The first-order valence-electron chi connectivity index (χ1n) is 5.60. The molecule has 2 aromatic carbocycles. The largest absolute Gasteiger partial charge is 0.439 e. The number of rotatable bonds is 2. The highest BCUT2D eigenvalue weighted by molar-refractivity contribution is 5.83. The molecule has 18 heavy (non-hydrogen) atoms. The third kappa shape index (κ3) is 2.15. The fraction of sp³-hybridized carbons (Fsp3) is 0. The van der Waals surface area contributed by atoms with Gasteiger partial charge in [-0.05, 0) is 29.0 Å². The Bertz CT molecular complexity index is 697. The summed E-state index contributed by atoms with van der Waals surface area (Å²) >= 11 is 0. The molecule has 0 saturated carbocycles. The van der Waals surface area contributed by atoms with E-state index in [9.17, 15) is 4.39 Å². The first kappa shape index (κ1) is 10.7. The van der Waals surface area contributed by atoms with Crippen molar-refractivity contribution in [3.05, 3.63) is 66.6 Å². The van der Waals surface area contributed by atoms with Gasteiger partial charge in [0.05, 0.1) is 0 Å². The molecule has 0 aliphatic heterocycles. The normalized spacial score (nSPS) is 10.5. The molecule has 88 valence electrons. The van der Waals surface area contributed by atoms with E-state index >= 15 is 0 Å². The molecule has 0 spiro atoms. The molecule has 0 fully saturated rings. The molecule has 0 bridgehead atoms. The molecule has 0 aliphatic rings. The molecule has 0 saturated heterocycles. The second-order valence-electron chi connectivity index (χ2n) is 3.91. The van der Waals surface area contributed by atoms with Crippen molar-refractivity contribution in [2.24, 2.45) is 0 Å². The molecular weight excluding hydrogens is 229 g/mol. The maximum absolute atomic E-state index is 12.9. The summed E-state index contributed by atoms with van der Waals surface area (Å²) < 4.78 is 18.4. The van der Waals surface area contributed by atoms with Crippen molar-refractivity contribution in [1.82, 2.24) is 4.98 Å². The number of hydrogen-bond acceptors (Lipinski definition) is 2. The summed E-state index contributed by atoms with van der Waals surface area (Å²) in [6.07, 6.45) is 0. The van der Waals surface area contributed by atoms with Crippen molar-refractivity contribution in [3.63, 3.8) is 0 Å². The van der Waals surface area contributed by atoms with Crippen LogP contribution in [0.3, 0.4) is 0 Å². The predicted molar refractivity (Wildman–Crippen MR) is 68.2 cm³/mol. The van der Waals surface area contributed by atoms with Gasteiger partial charge >= 0.3 is 0 Å². The molecule has 0 N–H and O–H groups in total. The van der Waals surface area contributed by atoms with Gasteiger partial charge in [0.25, 0.3) is 0 Å². The van der Waals surface area contributed by atoms with Crippen molar-refractivity contribution >= 4 is 10.8 Å². The monoisotopic (exact) mass is 239 g/mol. The van der Waals surface area contributed by atoms with Gasteiger partial charge < -0.3 is 4.74 Å². The van der Waals surface area contributed by atoms with Crippen LogP contribution in [0.25, 0.3) is 10.8 Å². The Morgan fingerprint density at radius 2 is 1.67 bits per heavy atom. The minimum atomic E-state index is -0.548. The number of halogens is 1. The summed E-state index contributed by atoms with van der Waals surface area (Å²) in [4.78, 5) is 3.66. The van der Waals surface area contributed by atoms with Gasteiger partial charge in [-0.25, -0.2) is 0 Å². The van der Waals surface area contributed by atoms with Gasteiger partial charge in [0.1, 0.15) is 5.75 Å². The molecule has 0 unspecified atom stereocenters. The van der Waals surface area contributed by atoms with Crippen molar-refractivity contribution in [2.75, 3.05) is 0 Å². The first-order chi connectivity index (χ1) is 8.81. The van der Waals surface area contributed by atoms with Crippen LogP contribution in [-0.4, -0.2) is 4.98 Å². The lowest BCUT2D eigenvalue weighted by Crippen LogP contribution is -1.89. The number of ether oxygens (including phenoxy) is 1. The van der Waals surface area contributed by atoms with Crippen LogP contribution in [0.5, 0.6) is 11.6 Å². The molecule has 1 heterocycles. The topological polar surface area (TPSA) is 22.1 Å². The van der Waals surface area contributed by atoms with Crippen LogP contribution in [0.2, 0.25) is 0 Å². The van der Waals surface area contributed by atoms with Gasteiger partial charge in [-0.1, -0.05) is 36.4 Å². The summed E-state index contributed by atoms with van der Waals surface area (Å²) in [5, 5.41) is 2.21. The van der Waals surface area contributed by atoms with E-state index in [2.05, 4.69) is 4.98 Å². The van der Waals surface area contributed by atoms with E-state index in [4.69, 9.17) is 4.74 Å². The second-order valence-corrected chi connectivity index (χ2v) is 3.91. The molecule has 0 amide bonds. The molecule has 2 nitrogen and oxygen atoms in total. The Kier molecular flexibility index (Phi) is 2.65. The molecule has 1 aromatic heterocycles. The van der Waals surface area contributed by atoms with Crippen LogP contribution in [0.4, 0.5) is 4.39 Å². The lowest BCUT2D eigenvalue weighted by Gasteiger charge is -2.05. The van der Waals surface area contributed by atoms with Crippen LogP contribution in [0.15, 0.2) is 60.7 Å². The van der Waals surface area contributed by atoms with E-state index in [-0.39, 0.29) is 5.88 Å². The number of hydrogen-bond donors (Lipinski definition) is 0. The van der Waals surface area contributed by atoms with Crippen molar-refractivity contribution in [3.8, 4) is 11.6 Å². The summed E-state index contributed by atoms with van der Waals surface area (Å²) in [6.45, 7) is 0. The average Bonchev–Trinajstić information content (AvgIpc) is 2.39. The Hall–Kier alpha value is -2.42. The van der Waals surface area contributed by atoms with Gasteiger partial charge in [-0.15, -0.1) is 0 Å². The summed E-state index contributed by atoms with van der Waals surface area (Å²) in [5.74, 6) is 0.352. The smallest absolute Gasteiger partial charge is 0.221 e. The second kappa shape index (κ2) is 4.45. The van der Waals surface area contributed by atoms with E-state index in [0.29, 0.717) is 5.75 Å². The third-order valence-electron chi connectivity index (χ3n) is 2.63. The van der Waals surface area contributed by atoms with Gasteiger partial charge in [-0.2, -0.15) is 9.37 Å². The number of pyridine rings is 1. The van der Waals surface area contributed by atoms with Crippen LogP contribution in [0, 0.1) is 5.95 Å². The summed E-state index contributed by atoms with van der Waals surface area (Å²) in [7, 11) is 0. The Morgan fingerprint density at radius 3 is 2.50 bits per heavy atom. The molecule has 3 rings (SSSR count). The number of fused-ring (bicyclic) bond motifs is 1. The average molecular weight is 239 g/mol. The van der Waals surface area contributed by atoms with Gasteiger partial charge in [0.15, 0.2) is 0 Å². The number of nitrogens with zero attached hydrogens (tertiary/aromatic N) is 1. The van der Waals surface area contributed by atoms with E-state index < -0.39 is 5.95 Å². The van der Waals surface area contributed by atoms with E-state index in [0.717, 1.165) is 10.8 Å². The Morgan fingerprint density at radius 1 is 0.833 bits per heavy atom. The summed E-state index contributed by atoms with van der Waals surface area (Å²) in [5.41, 5.74) is 0. The van der Waals surface area contributed by atoms with Crippen molar-refractivity contribution in [1.29, 1.82) is 0 Å². The summed E-state index contributed by atoms with van der Waals surface area (Å²) in [6, 6.07) is 18.2. The molecule has 3 aromatic rings. The van der Waals surface area contributed by atoms with Crippen molar-refractivity contribution in [2.45, 2.75) is 0 Å². The molecule has 0 radical (unpaired) electrons. The minimum absolute atomic E-state index is 0.255. The maximum Gasteiger partial charge on any atom is 0.221 e. The zero-order chi connectivity index (χ0) is 12.4. The highest BCUT2D eigenvalue weighted by atomic mass is 19.1. The Balaban J connectivity index is 1.95. The number of aromatic nitrogens is 1. The first-order valence-corrected chi connectivity index (χ1v) is 5.60. The van der Waals surface area contributed by atoms with Gasteiger partial charge in [0.2, 0.25) is 11.8 Å². The highest BCUT2D eigenvalue weighted by Crippen LogP contribution is 2.24. The fourth-order valence-corrected chi connectivity index (χ4v) is 1.80. The van der Waals surface area contributed by atoms with Crippen LogP contribution in [0.1, 0.15) is 0 Å². The SMILES string of the molecule is Fc1cccc(Oc2ccc3ccccc3c2)n1. The van der Waals surface area contributed by atoms with E-state index in [1.807, 2.05) is 42.5 Å². The zero-order valence-electron chi connectivity index (χ0n) is 9.51. The highest BCUT2D eigenvalue weighted by Gasteiger charge is 2.01. The van der Waals surface area contributed by atoms with Crippen LogP contribution >= 0.6 is 0 Å². The lowest BCUT2D eigenvalue weighted by atomic mass is 10.1. The van der Waals surface area contributed by atoms with Crippen molar-refractivity contribution < 1.29 is 9.13 Å². The predicted octanol–water partition coefficient (Wildman–Crippen LogP) is 4.17. The molecule has 0 aliphatic carbocycles.